The van der Waals surface area contributed by atoms with Crippen LogP contribution in [0.4, 0.5) is 0 Å². The van der Waals surface area contributed by atoms with Gasteiger partial charge in [-0.1, -0.05) is 45.1 Å². The summed E-state index contributed by atoms with van der Waals surface area (Å²) < 4.78 is 0. The zero-order valence-corrected chi connectivity index (χ0v) is 43.7. The number of hydrogen-bond donors (Lipinski definition) is 0. The molecule has 0 spiro atoms. The summed E-state index contributed by atoms with van der Waals surface area (Å²) in [5.74, 6) is 1.33. The molecule has 64 heavy (non-hydrogen) atoms. The van der Waals surface area contributed by atoms with Crippen molar-refractivity contribution in [2.45, 2.75) is 170 Å². The standard InChI is InChI=1S/C64H76/c1-26-24-49(34(9)27(26)2)55-41(16)43(18)59-56(42(17)44(19)58(55)59)51-25-50(35(10)36(51)11)52-47(22)61-62(48(52)23)64-57(53-37(12)30(5)28(3)31(6)38(53)13)45(20)46(21)60(64)63(61)54-39(14)32(7)29(4)33(8)40(54)15/h41-42,48,57,63H,18-19,24-25H2,1-17,20-23H3. The largest absolute Gasteiger partial charge is 0.0946 e. The topological polar surface area (TPSA) is 0 Å². The highest BCUT2D eigenvalue weighted by molar-refractivity contribution is 5.84. The van der Waals surface area contributed by atoms with E-state index in [0.29, 0.717) is 11.8 Å². The molecule has 0 amide bonds. The maximum absolute atomic E-state index is 4.89. The molecule has 0 nitrogen and oxygen atoms in total. The van der Waals surface area contributed by atoms with Gasteiger partial charge in [0, 0.05) is 29.6 Å². The third-order valence-corrected chi connectivity index (χ3v) is 19.8. The van der Waals surface area contributed by atoms with Crippen LogP contribution in [0.15, 0.2) is 136 Å². The fraction of sp³-hybridized carbons (Fsp3) is 0.438. The lowest BCUT2D eigenvalue weighted by molar-refractivity contribution is 0.784. The van der Waals surface area contributed by atoms with Crippen LogP contribution in [0.1, 0.15) is 168 Å². The molecule has 0 heterocycles. The van der Waals surface area contributed by atoms with Crippen molar-refractivity contribution in [3.8, 4) is 0 Å². The van der Waals surface area contributed by atoms with Crippen LogP contribution < -0.4 is 0 Å². The Kier molecular flexibility index (Phi) is 10.2. The fourth-order valence-electron chi connectivity index (χ4n) is 14.5. The molecule has 0 radical (unpaired) electrons. The van der Waals surface area contributed by atoms with E-state index in [1.807, 2.05) is 0 Å². The van der Waals surface area contributed by atoms with Crippen molar-refractivity contribution in [3.63, 3.8) is 0 Å². The van der Waals surface area contributed by atoms with E-state index in [0.717, 1.165) is 12.8 Å². The molecule has 0 N–H and O–H groups in total. The van der Waals surface area contributed by atoms with Crippen molar-refractivity contribution >= 4 is 0 Å². The molecule has 0 fully saturated rings. The number of fused-ring (bicyclic) bond motifs is 2. The maximum atomic E-state index is 4.89. The van der Waals surface area contributed by atoms with Gasteiger partial charge < -0.3 is 0 Å². The lowest BCUT2D eigenvalue weighted by atomic mass is 9.75. The van der Waals surface area contributed by atoms with Crippen LogP contribution in [0.2, 0.25) is 0 Å². The van der Waals surface area contributed by atoms with Gasteiger partial charge in [-0.3, -0.25) is 0 Å². The summed E-state index contributed by atoms with van der Waals surface area (Å²) in [5, 5.41) is 0. The summed E-state index contributed by atoms with van der Waals surface area (Å²) >= 11 is 0. The quantitative estimate of drug-likeness (QED) is 0.281. The molecule has 5 unspecified atom stereocenters. The van der Waals surface area contributed by atoms with E-state index >= 15 is 0 Å². The van der Waals surface area contributed by atoms with E-state index in [2.05, 4.69) is 145 Å². The highest BCUT2D eigenvalue weighted by Crippen LogP contribution is 2.67. The second kappa shape index (κ2) is 14.7. The van der Waals surface area contributed by atoms with Gasteiger partial charge in [-0.25, -0.2) is 0 Å². The minimum atomic E-state index is 0.222. The minimum absolute atomic E-state index is 0.222. The average molecular weight is 845 g/mol. The second-order valence-electron chi connectivity index (χ2n) is 21.8. The zero-order chi connectivity index (χ0) is 46.9. The van der Waals surface area contributed by atoms with Crippen molar-refractivity contribution in [2.24, 2.45) is 17.8 Å². The van der Waals surface area contributed by atoms with Crippen molar-refractivity contribution in [1.82, 2.24) is 0 Å². The lowest BCUT2D eigenvalue weighted by Crippen LogP contribution is -2.14. The highest BCUT2D eigenvalue weighted by Gasteiger charge is 2.52. The summed E-state index contributed by atoms with van der Waals surface area (Å²) in [4.78, 5) is 0. The Balaban J connectivity index is 1.22. The molecule has 7 aliphatic rings. The van der Waals surface area contributed by atoms with Crippen LogP contribution >= 0.6 is 0 Å². The molecule has 0 saturated heterocycles. The number of benzene rings is 2. The molecule has 2 aromatic carbocycles. The Morgan fingerprint density at radius 1 is 0.312 bits per heavy atom. The van der Waals surface area contributed by atoms with Gasteiger partial charge in [0.15, 0.2) is 0 Å². The van der Waals surface area contributed by atoms with Crippen LogP contribution in [0.25, 0.3) is 0 Å². The third kappa shape index (κ3) is 5.41. The Morgan fingerprint density at radius 2 is 0.672 bits per heavy atom. The van der Waals surface area contributed by atoms with Crippen LogP contribution in [0.3, 0.4) is 0 Å². The van der Waals surface area contributed by atoms with Gasteiger partial charge in [0.1, 0.15) is 0 Å². The summed E-state index contributed by atoms with van der Waals surface area (Å²) in [6.07, 6.45) is 2.02. The van der Waals surface area contributed by atoms with Crippen LogP contribution in [0, 0.1) is 87.0 Å². The molecule has 332 valence electrons. The SMILES string of the molecule is C=C1C2=C(C3=C(C)C(C)=C(C4=C(C)C5=C(C6=C(C(C)=C(C)C6c6c(C)c(C)c(C)c(C)c6C)C5c5c(C)c(C)c(C)c(C)c5C)C4C)C3)C(C)C(=C)C2=C(C2=C(C)C(C)=C(C)C2)C1C. The van der Waals surface area contributed by atoms with Crippen molar-refractivity contribution < 1.29 is 0 Å². The molecule has 0 aliphatic heterocycles. The number of allylic oxidation sites excluding steroid dienone is 22. The van der Waals surface area contributed by atoms with Gasteiger partial charge in [0.05, 0.1) is 0 Å². The summed E-state index contributed by atoms with van der Waals surface area (Å²) in [6.45, 7) is 60.2. The molecule has 0 aromatic heterocycles. The third-order valence-electron chi connectivity index (χ3n) is 19.8. The Labute approximate surface area is 388 Å². The Bertz CT molecular complexity index is 2980. The van der Waals surface area contributed by atoms with E-state index in [1.54, 1.807) is 50.1 Å². The molecular weight excluding hydrogens is 769 g/mol. The zero-order valence-electron chi connectivity index (χ0n) is 43.7. The van der Waals surface area contributed by atoms with Gasteiger partial charge in [0.25, 0.3) is 0 Å². The van der Waals surface area contributed by atoms with Gasteiger partial charge in [-0.2, -0.15) is 0 Å². The van der Waals surface area contributed by atoms with Crippen LogP contribution in [-0.2, 0) is 0 Å². The Hall–Kier alpha value is -4.68. The van der Waals surface area contributed by atoms with Gasteiger partial charge in [-0.05, 0) is 316 Å². The van der Waals surface area contributed by atoms with Gasteiger partial charge >= 0.3 is 0 Å². The van der Waals surface area contributed by atoms with Gasteiger partial charge in [-0.15, -0.1) is 0 Å². The Morgan fingerprint density at radius 3 is 1.09 bits per heavy atom. The van der Waals surface area contributed by atoms with Crippen LogP contribution in [-0.4, -0.2) is 0 Å². The van der Waals surface area contributed by atoms with Gasteiger partial charge in [0.2, 0.25) is 0 Å². The van der Waals surface area contributed by atoms with E-state index in [9.17, 15) is 0 Å². The number of rotatable bonds is 5. The summed E-state index contributed by atoms with van der Waals surface area (Å²) in [5.41, 5.74) is 50.8. The van der Waals surface area contributed by atoms with Crippen molar-refractivity contribution in [2.75, 3.05) is 0 Å². The minimum Gasteiger partial charge on any atom is -0.0946 e. The molecule has 0 bridgehead atoms. The first-order chi connectivity index (χ1) is 29.9. The first-order valence-corrected chi connectivity index (χ1v) is 24.6. The monoisotopic (exact) mass is 845 g/mol. The highest BCUT2D eigenvalue weighted by atomic mass is 14.5. The summed E-state index contributed by atoms with van der Waals surface area (Å²) in [6, 6.07) is 0. The first kappa shape index (κ1) is 44.5. The maximum Gasteiger partial charge on any atom is 0.0357 e. The van der Waals surface area contributed by atoms with Crippen molar-refractivity contribution in [1.29, 1.82) is 0 Å². The molecule has 5 atom stereocenters. The first-order valence-electron chi connectivity index (χ1n) is 24.6. The molecular formula is C64H76. The lowest BCUT2D eigenvalue weighted by Gasteiger charge is -2.29. The molecule has 9 rings (SSSR count). The van der Waals surface area contributed by atoms with E-state index in [-0.39, 0.29) is 17.8 Å². The normalized spacial score (nSPS) is 26.0. The van der Waals surface area contributed by atoms with E-state index in [4.69, 9.17) is 13.2 Å². The van der Waals surface area contributed by atoms with Crippen LogP contribution in [0.5, 0.6) is 0 Å². The summed E-state index contributed by atoms with van der Waals surface area (Å²) in [7, 11) is 0. The molecule has 7 aliphatic carbocycles. The molecule has 0 heteroatoms. The van der Waals surface area contributed by atoms with E-state index in [1.165, 1.54) is 139 Å². The van der Waals surface area contributed by atoms with E-state index < -0.39 is 0 Å². The fourth-order valence-corrected chi connectivity index (χ4v) is 14.5. The molecule has 0 saturated carbocycles. The second-order valence-corrected chi connectivity index (χ2v) is 21.8. The van der Waals surface area contributed by atoms with Crippen molar-refractivity contribution in [3.05, 3.63) is 203 Å². The number of hydrogen-bond acceptors (Lipinski definition) is 0. The molecule has 2 aromatic rings. The predicted octanol–water partition coefficient (Wildman–Crippen LogP) is 17.7. The average Bonchev–Trinajstić information content (AvgIpc) is 4.07. The smallest absolute Gasteiger partial charge is 0.0357 e. The predicted molar refractivity (Wildman–Crippen MR) is 276 cm³/mol.